The van der Waals surface area contributed by atoms with Crippen LogP contribution < -0.4 is 31.9 Å². The highest BCUT2D eigenvalue weighted by Crippen LogP contribution is 2.28. The van der Waals surface area contributed by atoms with Crippen LogP contribution in [0.3, 0.4) is 0 Å². The van der Waals surface area contributed by atoms with Gasteiger partial charge in [-0.05, 0) is 24.4 Å². The third-order valence-corrected chi connectivity index (χ3v) is 12.4. The lowest BCUT2D eigenvalue weighted by Gasteiger charge is -2.44. The molecule has 0 bridgehead atoms. The van der Waals surface area contributed by atoms with Crippen LogP contribution in [0.5, 0.6) is 0 Å². The maximum Gasteiger partial charge on any atom is 0.372 e. The van der Waals surface area contributed by atoms with E-state index in [0.717, 1.165) is 0 Å². The summed E-state index contributed by atoms with van der Waals surface area (Å²) in [5.74, 6) is -46.3. The molecule has 0 aliphatic heterocycles. The van der Waals surface area contributed by atoms with E-state index in [1.54, 1.807) is 0 Å². The molecule has 314 valence electrons. The Labute approximate surface area is 332 Å². The Morgan fingerprint density at radius 3 is 0.842 bits per heavy atom. The van der Waals surface area contributed by atoms with Gasteiger partial charge >= 0.3 is 6.00 Å². The molecule has 0 saturated carbocycles. The van der Waals surface area contributed by atoms with Gasteiger partial charge < -0.3 is 4.90 Å². The molecule has 0 fully saturated rings. The molecule has 0 spiro atoms. The highest BCUT2D eigenvalue weighted by Gasteiger charge is 2.49. The SMILES string of the molecule is CCCC[NH+](CCCC)CCCC.Fc1c(F)c(F)c([B-](c2ccc([Si](Cl)(Cl)Cl)cc2)(c2c(F)c(F)c(F)c(F)c2F)c2c(F)c(F)c(F)c(F)c2F)c(F)c1F. The zero-order chi connectivity index (χ0) is 43.3. The number of rotatable bonds is 14. The zero-order valence-corrected chi connectivity index (χ0v) is 33.3. The Morgan fingerprint density at radius 1 is 0.404 bits per heavy atom. The van der Waals surface area contributed by atoms with Crippen LogP contribution in [-0.4, -0.2) is 31.8 Å². The number of halogens is 18. The van der Waals surface area contributed by atoms with E-state index >= 15 is 26.3 Å². The Hall–Kier alpha value is -3.06. The minimum Gasteiger partial charge on any atom is -0.335 e. The van der Waals surface area contributed by atoms with Gasteiger partial charge in [0.25, 0.3) is 0 Å². The molecular formula is C36H32BCl3F15NSi. The van der Waals surface area contributed by atoms with Crippen molar-refractivity contribution >= 4 is 72.4 Å². The lowest BCUT2D eigenvalue weighted by atomic mass is 9.12. The molecule has 0 radical (unpaired) electrons. The van der Waals surface area contributed by atoms with E-state index in [-0.39, 0.29) is 17.3 Å². The van der Waals surface area contributed by atoms with Crippen LogP contribution in [0.2, 0.25) is 0 Å². The quantitative estimate of drug-likeness (QED) is 0.0428. The molecule has 21 heteroatoms. The summed E-state index contributed by atoms with van der Waals surface area (Å²) in [5.41, 5.74) is -9.81. The molecule has 0 unspecified atom stereocenters. The minimum atomic E-state index is -5.89. The normalized spacial score (nSPS) is 12.0. The largest absolute Gasteiger partial charge is 0.372 e. The van der Waals surface area contributed by atoms with Crippen molar-refractivity contribution in [2.45, 2.75) is 59.3 Å². The van der Waals surface area contributed by atoms with Crippen LogP contribution in [-0.2, 0) is 0 Å². The molecule has 0 amide bonds. The topological polar surface area (TPSA) is 4.44 Å². The van der Waals surface area contributed by atoms with Gasteiger partial charge in [-0.25, -0.2) is 65.9 Å². The van der Waals surface area contributed by atoms with Gasteiger partial charge in [0.2, 0.25) is 0 Å². The summed E-state index contributed by atoms with van der Waals surface area (Å²) < 4.78 is 223. The van der Waals surface area contributed by atoms with Crippen molar-refractivity contribution in [3.8, 4) is 0 Å². The van der Waals surface area contributed by atoms with E-state index < -0.39 is 121 Å². The van der Waals surface area contributed by atoms with Crippen LogP contribution in [0.4, 0.5) is 65.9 Å². The van der Waals surface area contributed by atoms with Crippen molar-refractivity contribution in [1.29, 1.82) is 0 Å². The van der Waals surface area contributed by atoms with Crippen molar-refractivity contribution in [2.75, 3.05) is 19.6 Å². The average Bonchev–Trinajstić information content (AvgIpc) is 3.18. The highest BCUT2D eigenvalue weighted by molar-refractivity contribution is 7.69. The van der Waals surface area contributed by atoms with Crippen LogP contribution in [0.15, 0.2) is 24.3 Å². The summed E-state index contributed by atoms with van der Waals surface area (Å²) in [5, 5.41) is -0.372. The number of hydrogen-bond donors (Lipinski definition) is 1. The number of hydrogen-bond acceptors (Lipinski definition) is 0. The van der Waals surface area contributed by atoms with Crippen LogP contribution >= 0.6 is 33.2 Å². The molecule has 0 aromatic heterocycles. The molecule has 57 heavy (non-hydrogen) atoms. The first-order valence-corrected chi connectivity index (χ1v) is 22.3. The van der Waals surface area contributed by atoms with Gasteiger partial charge in [-0.2, -0.15) is 5.46 Å². The molecule has 0 aliphatic rings. The van der Waals surface area contributed by atoms with Crippen molar-refractivity contribution in [2.24, 2.45) is 0 Å². The second-order valence-corrected chi connectivity index (χ2v) is 21.4. The smallest absolute Gasteiger partial charge is 0.335 e. The number of quaternary nitrogens is 1. The van der Waals surface area contributed by atoms with Gasteiger partial charge in [-0.3, -0.25) is 0 Å². The van der Waals surface area contributed by atoms with Crippen molar-refractivity contribution in [3.63, 3.8) is 0 Å². The number of unbranched alkanes of at least 4 members (excludes halogenated alkanes) is 3. The summed E-state index contributed by atoms with van der Waals surface area (Å²) in [6.07, 6.45) is 2.38. The van der Waals surface area contributed by atoms with Gasteiger partial charge in [-0.15, -0.1) is 49.6 Å². The van der Waals surface area contributed by atoms with Gasteiger partial charge in [-0.1, -0.05) is 64.3 Å². The van der Waals surface area contributed by atoms with Crippen molar-refractivity contribution < 1.29 is 70.8 Å². The van der Waals surface area contributed by atoms with Crippen molar-refractivity contribution in [1.82, 2.24) is 0 Å². The summed E-state index contributed by atoms with van der Waals surface area (Å²) in [6.45, 7) is 11.1. The number of benzene rings is 4. The Bertz CT molecular complexity index is 1810. The predicted molar refractivity (Wildman–Crippen MR) is 193 cm³/mol. The second-order valence-electron chi connectivity index (χ2n) is 13.0. The lowest BCUT2D eigenvalue weighted by Crippen LogP contribution is -3.12. The first kappa shape index (κ1) is 48.3. The van der Waals surface area contributed by atoms with E-state index in [9.17, 15) is 39.5 Å². The molecule has 1 N–H and O–H groups in total. The van der Waals surface area contributed by atoms with E-state index in [4.69, 9.17) is 33.2 Å². The van der Waals surface area contributed by atoms with Gasteiger partial charge in [0.15, 0.2) is 52.4 Å². The fourth-order valence-corrected chi connectivity index (χ4v) is 8.23. The van der Waals surface area contributed by atoms with Gasteiger partial charge in [0, 0.05) is 0 Å². The van der Waals surface area contributed by atoms with Gasteiger partial charge in [0.1, 0.15) is 41.0 Å². The summed E-state index contributed by atoms with van der Waals surface area (Å²) in [6, 6.07) is -2.37. The van der Waals surface area contributed by atoms with Crippen LogP contribution in [0, 0.1) is 87.3 Å². The average molecular weight is 909 g/mol. The molecule has 0 aliphatic carbocycles. The first-order valence-electron chi connectivity index (χ1n) is 17.3. The molecule has 0 atom stereocenters. The Kier molecular flexibility index (Phi) is 16.8. The Morgan fingerprint density at radius 2 is 0.632 bits per heavy atom. The monoisotopic (exact) mass is 907 g/mol. The maximum absolute atomic E-state index is 15.5. The molecule has 4 aromatic rings. The van der Waals surface area contributed by atoms with E-state index in [1.807, 2.05) is 4.90 Å². The maximum atomic E-state index is 15.5. The van der Waals surface area contributed by atoms with E-state index in [0.29, 0.717) is 12.1 Å². The molecule has 4 rings (SSSR count). The molecule has 1 nitrogen and oxygen atoms in total. The van der Waals surface area contributed by atoms with Crippen LogP contribution in [0.1, 0.15) is 59.3 Å². The summed E-state index contributed by atoms with van der Waals surface area (Å²) in [7, 11) is 0. The molecule has 4 aromatic carbocycles. The first-order chi connectivity index (χ1) is 26.6. The fourth-order valence-electron chi connectivity index (χ4n) is 6.56. The fraction of sp³-hybridized carbons (Fsp3) is 0.333. The van der Waals surface area contributed by atoms with Gasteiger partial charge in [0.05, 0.1) is 19.6 Å². The minimum absolute atomic E-state index is 0.262. The molecule has 0 saturated heterocycles. The molecular weight excluding hydrogens is 877 g/mol. The summed E-state index contributed by atoms with van der Waals surface area (Å²) in [4.78, 5) is 1.84. The third kappa shape index (κ3) is 9.39. The highest BCUT2D eigenvalue weighted by atomic mass is 35.8. The Balaban J connectivity index is 0.000000573. The predicted octanol–water partition coefficient (Wildman–Crippen LogP) is 8.28. The molecule has 0 heterocycles. The third-order valence-electron chi connectivity index (χ3n) is 9.42. The standard InChI is InChI=1S/C24H4BCl3F15Si.C12H27N/c26-44(27,28)6-3-1-5(2-4-6)25(7-10(29)16(35)22(41)17(36)11(7)30,8-12(31)18(37)23(42)19(38)13(8)32)9-14(33)20(39)24(43)21(40)15(9)34;1-4-7-10-13(11-8-5-2)12-9-6-3/h1-4H;4-12H2,1-3H3/q-1;/p+1. The zero-order valence-electron chi connectivity index (χ0n) is 30.1. The summed E-state index contributed by atoms with van der Waals surface area (Å²) >= 11 is 17.4. The van der Waals surface area contributed by atoms with Crippen LogP contribution in [0.25, 0.3) is 0 Å². The lowest BCUT2D eigenvalue weighted by molar-refractivity contribution is -0.900. The second kappa shape index (κ2) is 19.8. The van der Waals surface area contributed by atoms with Crippen molar-refractivity contribution in [3.05, 3.63) is 112 Å². The number of nitrogens with one attached hydrogen (secondary N) is 1. The van der Waals surface area contributed by atoms with E-state index in [2.05, 4.69) is 20.8 Å². The van der Waals surface area contributed by atoms with E-state index in [1.165, 1.54) is 58.2 Å².